The monoisotopic (exact) mass is 271 g/mol. The van der Waals surface area contributed by atoms with E-state index >= 15 is 0 Å². The molecule has 1 atom stereocenters. The van der Waals surface area contributed by atoms with Gasteiger partial charge in [0.05, 0.1) is 0 Å². The van der Waals surface area contributed by atoms with Crippen molar-refractivity contribution in [1.82, 2.24) is 15.0 Å². The van der Waals surface area contributed by atoms with Gasteiger partial charge < -0.3 is 5.32 Å². The summed E-state index contributed by atoms with van der Waals surface area (Å²) < 4.78 is 26.4. The molecule has 1 aromatic heterocycles. The van der Waals surface area contributed by atoms with Crippen molar-refractivity contribution in [2.45, 2.75) is 31.8 Å². The molecule has 0 aliphatic rings. The van der Waals surface area contributed by atoms with Gasteiger partial charge in [-0.25, -0.2) is 18.1 Å². The van der Waals surface area contributed by atoms with Crippen LogP contribution in [0.5, 0.6) is 0 Å². The summed E-state index contributed by atoms with van der Waals surface area (Å²) in [5.41, 5.74) is 0.957. The maximum atomic E-state index is 11.9. The zero-order valence-corrected chi connectivity index (χ0v) is 11.9. The summed E-state index contributed by atoms with van der Waals surface area (Å²) in [6.07, 6.45) is 2.52. The van der Waals surface area contributed by atoms with Crippen LogP contribution in [-0.4, -0.2) is 27.0 Å². The molecule has 0 saturated carbocycles. The molecule has 0 amide bonds. The highest BCUT2D eigenvalue weighted by Crippen LogP contribution is 2.07. The fourth-order valence-electron chi connectivity index (χ4n) is 1.35. The number of hydrogen-bond donors (Lipinski definition) is 2. The number of pyridine rings is 1. The van der Waals surface area contributed by atoms with Crippen LogP contribution in [0, 0.1) is 5.92 Å². The van der Waals surface area contributed by atoms with E-state index in [1.165, 1.54) is 6.07 Å². The zero-order valence-electron chi connectivity index (χ0n) is 11.1. The quantitative estimate of drug-likeness (QED) is 0.780. The molecule has 0 bridgehead atoms. The SMILES string of the molecule is CCC(C)CNS(=O)(=O)c1ccc(CNC)cn1. The standard InChI is InChI=1S/C12H21N3O2S/c1-4-10(2)7-15-18(16,17)12-6-5-11(8-13-3)9-14-12/h5-6,9-10,13,15H,4,7-8H2,1-3H3. The minimum atomic E-state index is -3.48. The van der Waals surface area contributed by atoms with Crippen LogP contribution in [0.2, 0.25) is 0 Å². The molecule has 0 radical (unpaired) electrons. The van der Waals surface area contributed by atoms with E-state index in [0.29, 0.717) is 19.0 Å². The number of rotatable bonds is 7. The zero-order chi connectivity index (χ0) is 13.6. The summed E-state index contributed by atoms with van der Waals surface area (Å²) in [5, 5.41) is 3.06. The smallest absolute Gasteiger partial charge is 0.258 e. The molecular weight excluding hydrogens is 250 g/mol. The van der Waals surface area contributed by atoms with Crippen LogP contribution in [0.15, 0.2) is 23.4 Å². The Bertz CT molecular complexity index is 457. The molecule has 0 aliphatic carbocycles. The molecule has 1 aromatic rings. The lowest BCUT2D eigenvalue weighted by molar-refractivity contribution is 0.526. The Morgan fingerprint density at radius 2 is 2.11 bits per heavy atom. The van der Waals surface area contributed by atoms with Gasteiger partial charge in [-0.1, -0.05) is 26.3 Å². The molecule has 1 rings (SSSR count). The van der Waals surface area contributed by atoms with E-state index in [1.807, 2.05) is 20.9 Å². The van der Waals surface area contributed by atoms with Crippen LogP contribution in [0.4, 0.5) is 0 Å². The fourth-order valence-corrected chi connectivity index (χ4v) is 2.44. The maximum Gasteiger partial charge on any atom is 0.258 e. The summed E-state index contributed by atoms with van der Waals surface area (Å²) in [5.74, 6) is 0.323. The Labute approximate surface area is 109 Å². The summed E-state index contributed by atoms with van der Waals surface area (Å²) in [4.78, 5) is 3.98. The molecule has 1 heterocycles. The molecule has 0 spiro atoms. The Hall–Kier alpha value is -0.980. The average molecular weight is 271 g/mol. The summed E-state index contributed by atoms with van der Waals surface area (Å²) in [7, 11) is -1.65. The second kappa shape index (κ2) is 6.82. The highest BCUT2D eigenvalue weighted by molar-refractivity contribution is 7.89. The molecule has 2 N–H and O–H groups in total. The third-order valence-electron chi connectivity index (χ3n) is 2.77. The van der Waals surface area contributed by atoms with E-state index in [2.05, 4.69) is 15.0 Å². The average Bonchev–Trinajstić information content (AvgIpc) is 2.37. The van der Waals surface area contributed by atoms with Gasteiger partial charge in [-0.05, 0) is 24.6 Å². The summed E-state index contributed by atoms with van der Waals surface area (Å²) in [6, 6.07) is 3.30. The van der Waals surface area contributed by atoms with Crippen molar-refractivity contribution in [3.8, 4) is 0 Å². The summed E-state index contributed by atoms with van der Waals surface area (Å²) in [6.45, 7) is 5.15. The first-order chi connectivity index (χ1) is 8.49. The second-order valence-corrected chi connectivity index (χ2v) is 6.11. The Morgan fingerprint density at radius 1 is 1.39 bits per heavy atom. The van der Waals surface area contributed by atoms with Crippen LogP contribution >= 0.6 is 0 Å². The van der Waals surface area contributed by atoms with E-state index in [1.54, 1.807) is 12.3 Å². The lowest BCUT2D eigenvalue weighted by Crippen LogP contribution is -2.28. The largest absolute Gasteiger partial charge is 0.316 e. The maximum absolute atomic E-state index is 11.9. The van der Waals surface area contributed by atoms with E-state index in [0.717, 1.165) is 12.0 Å². The molecule has 0 saturated heterocycles. The number of aromatic nitrogens is 1. The van der Waals surface area contributed by atoms with E-state index in [-0.39, 0.29) is 5.03 Å². The predicted octanol–water partition coefficient (Wildman–Crippen LogP) is 1.13. The molecule has 0 fully saturated rings. The van der Waals surface area contributed by atoms with Crippen LogP contribution in [0.25, 0.3) is 0 Å². The highest BCUT2D eigenvalue weighted by atomic mass is 32.2. The van der Waals surface area contributed by atoms with Crippen LogP contribution < -0.4 is 10.0 Å². The van der Waals surface area contributed by atoms with Crippen molar-refractivity contribution < 1.29 is 8.42 Å². The van der Waals surface area contributed by atoms with Crippen molar-refractivity contribution in [2.24, 2.45) is 5.92 Å². The molecule has 18 heavy (non-hydrogen) atoms. The van der Waals surface area contributed by atoms with Gasteiger partial charge in [0.1, 0.15) is 0 Å². The molecule has 5 nitrogen and oxygen atoms in total. The van der Waals surface area contributed by atoms with Crippen LogP contribution in [0.3, 0.4) is 0 Å². The van der Waals surface area contributed by atoms with E-state index in [9.17, 15) is 8.42 Å². The van der Waals surface area contributed by atoms with Crippen molar-refractivity contribution in [3.63, 3.8) is 0 Å². The molecule has 6 heteroatoms. The van der Waals surface area contributed by atoms with Gasteiger partial charge in [0.15, 0.2) is 5.03 Å². The number of nitrogens with zero attached hydrogens (tertiary/aromatic N) is 1. The van der Waals surface area contributed by atoms with E-state index < -0.39 is 10.0 Å². The van der Waals surface area contributed by atoms with Crippen LogP contribution in [-0.2, 0) is 16.6 Å². The van der Waals surface area contributed by atoms with E-state index in [4.69, 9.17) is 0 Å². The third-order valence-corrected chi connectivity index (χ3v) is 4.11. The predicted molar refractivity (Wildman–Crippen MR) is 71.6 cm³/mol. The van der Waals surface area contributed by atoms with Gasteiger partial charge in [-0.2, -0.15) is 0 Å². The molecular formula is C12H21N3O2S. The lowest BCUT2D eigenvalue weighted by atomic mass is 10.1. The lowest BCUT2D eigenvalue weighted by Gasteiger charge is -2.10. The molecule has 0 aromatic carbocycles. The number of hydrogen-bond acceptors (Lipinski definition) is 4. The van der Waals surface area contributed by atoms with Gasteiger partial charge >= 0.3 is 0 Å². The van der Waals surface area contributed by atoms with Gasteiger partial charge in [-0.3, -0.25) is 0 Å². The topological polar surface area (TPSA) is 71.1 Å². The number of nitrogens with one attached hydrogen (secondary N) is 2. The first-order valence-corrected chi connectivity index (χ1v) is 7.57. The molecule has 0 aliphatic heterocycles. The Kier molecular flexibility index (Phi) is 5.71. The minimum absolute atomic E-state index is 0.0747. The van der Waals surface area contributed by atoms with Gasteiger partial charge in [-0.15, -0.1) is 0 Å². The Balaban J connectivity index is 2.72. The number of sulfonamides is 1. The second-order valence-electron chi connectivity index (χ2n) is 4.40. The molecule has 102 valence electrons. The normalized spacial score (nSPS) is 13.5. The van der Waals surface area contributed by atoms with Crippen molar-refractivity contribution >= 4 is 10.0 Å². The first kappa shape index (κ1) is 15.1. The minimum Gasteiger partial charge on any atom is -0.316 e. The Morgan fingerprint density at radius 3 is 2.61 bits per heavy atom. The van der Waals surface area contributed by atoms with Gasteiger partial charge in [0.2, 0.25) is 0 Å². The third kappa shape index (κ3) is 4.36. The fraction of sp³-hybridized carbons (Fsp3) is 0.583. The van der Waals surface area contributed by atoms with Gasteiger partial charge in [0, 0.05) is 19.3 Å². The van der Waals surface area contributed by atoms with Crippen molar-refractivity contribution in [3.05, 3.63) is 23.9 Å². The first-order valence-electron chi connectivity index (χ1n) is 6.08. The van der Waals surface area contributed by atoms with Crippen LogP contribution in [0.1, 0.15) is 25.8 Å². The summed E-state index contributed by atoms with van der Waals surface area (Å²) >= 11 is 0. The highest BCUT2D eigenvalue weighted by Gasteiger charge is 2.15. The van der Waals surface area contributed by atoms with Crippen molar-refractivity contribution in [1.29, 1.82) is 0 Å². The molecule has 1 unspecified atom stereocenters. The van der Waals surface area contributed by atoms with Crippen molar-refractivity contribution in [2.75, 3.05) is 13.6 Å². The van der Waals surface area contributed by atoms with Gasteiger partial charge in [0.25, 0.3) is 10.0 Å².